The maximum atomic E-state index is 6.60. The zero-order valence-corrected chi connectivity index (χ0v) is 21.4. The Labute approximate surface area is 226 Å². The summed E-state index contributed by atoms with van der Waals surface area (Å²) >= 11 is 0. The normalized spacial score (nSPS) is 19.7. The quantitative estimate of drug-likeness (QED) is 0.177. The van der Waals surface area contributed by atoms with Crippen LogP contribution in [0.2, 0.25) is 0 Å². The van der Waals surface area contributed by atoms with E-state index in [0.29, 0.717) is 60.7 Å². The molecule has 8 nitrogen and oxygen atoms in total. The standard InChI is InChI=1S/C31H30N4O4/c32-25-9-17(10-26(33)29(25)38-15-19-13-36-19)31(18-11-27(34)30(28(35)12-18)39-16-20-14-37-20)23-7-3-1-5-21(23)22-6-2-4-8-24(22)31/h1-12,19-20H,13-16,32-35H2. The summed E-state index contributed by atoms with van der Waals surface area (Å²) in [4.78, 5) is 0. The molecule has 0 amide bonds. The zero-order chi connectivity index (χ0) is 26.7. The highest BCUT2D eigenvalue weighted by Crippen LogP contribution is 2.58. The molecule has 2 aliphatic heterocycles. The summed E-state index contributed by atoms with van der Waals surface area (Å²) in [5.41, 5.74) is 33.7. The number of ether oxygens (including phenoxy) is 4. The summed E-state index contributed by atoms with van der Waals surface area (Å²) in [5.74, 6) is 0.933. The van der Waals surface area contributed by atoms with Gasteiger partial charge in [0.15, 0.2) is 11.5 Å². The van der Waals surface area contributed by atoms with Gasteiger partial charge in [0, 0.05) is 0 Å². The van der Waals surface area contributed by atoms with E-state index in [2.05, 4.69) is 24.3 Å². The fourth-order valence-corrected chi connectivity index (χ4v) is 5.82. The van der Waals surface area contributed by atoms with E-state index in [1.165, 1.54) is 0 Å². The number of fused-ring (bicyclic) bond motifs is 3. The highest BCUT2D eigenvalue weighted by molar-refractivity contribution is 5.88. The minimum atomic E-state index is -0.784. The SMILES string of the molecule is Nc1cc(C2(c3cc(N)c(OCC4CO4)c(N)c3)c3ccccc3-c3ccccc32)cc(N)c1OCC1CO1. The van der Waals surface area contributed by atoms with E-state index in [4.69, 9.17) is 41.9 Å². The molecular formula is C31H30N4O4. The molecule has 0 aromatic heterocycles. The molecule has 2 saturated heterocycles. The van der Waals surface area contributed by atoms with E-state index in [0.717, 1.165) is 33.4 Å². The lowest BCUT2D eigenvalue weighted by Crippen LogP contribution is -2.29. The van der Waals surface area contributed by atoms with E-state index in [1.807, 2.05) is 48.5 Å². The molecule has 1 aliphatic carbocycles. The van der Waals surface area contributed by atoms with Crippen LogP contribution in [0.25, 0.3) is 11.1 Å². The van der Waals surface area contributed by atoms with Gasteiger partial charge in [0.05, 0.1) is 41.4 Å². The number of benzene rings is 4. The number of rotatable bonds is 8. The Hall–Kier alpha value is -4.40. The number of nitrogens with two attached hydrogens (primary N) is 4. The molecule has 2 atom stereocenters. The largest absolute Gasteiger partial charge is 0.486 e. The van der Waals surface area contributed by atoms with E-state index in [9.17, 15) is 0 Å². The number of hydrogen-bond acceptors (Lipinski definition) is 8. The molecule has 3 aliphatic rings. The Morgan fingerprint density at radius 3 is 1.33 bits per heavy atom. The molecule has 2 unspecified atom stereocenters. The van der Waals surface area contributed by atoms with Crippen molar-refractivity contribution >= 4 is 22.7 Å². The maximum Gasteiger partial charge on any atom is 0.165 e. The van der Waals surface area contributed by atoms with Crippen molar-refractivity contribution in [3.05, 3.63) is 95.1 Å². The van der Waals surface area contributed by atoms with Gasteiger partial charge in [0.1, 0.15) is 25.4 Å². The highest BCUT2D eigenvalue weighted by Gasteiger charge is 2.47. The molecule has 2 fully saturated rings. The first-order valence-corrected chi connectivity index (χ1v) is 13.0. The van der Waals surface area contributed by atoms with Crippen LogP contribution >= 0.6 is 0 Å². The van der Waals surface area contributed by atoms with Crippen molar-refractivity contribution in [3.63, 3.8) is 0 Å². The molecule has 8 heteroatoms. The topological polar surface area (TPSA) is 148 Å². The van der Waals surface area contributed by atoms with Gasteiger partial charge in [-0.25, -0.2) is 0 Å². The molecule has 4 aromatic rings. The van der Waals surface area contributed by atoms with Crippen LogP contribution in [0.1, 0.15) is 22.3 Å². The Morgan fingerprint density at radius 2 is 0.974 bits per heavy atom. The lowest BCUT2D eigenvalue weighted by atomic mass is 9.67. The van der Waals surface area contributed by atoms with Crippen LogP contribution < -0.4 is 32.4 Å². The number of hydrogen-bond donors (Lipinski definition) is 4. The van der Waals surface area contributed by atoms with Crippen molar-refractivity contribution in [2.24, 2.45) is 0 Å². The summed E-state index contributed by atoms with van der Waals surface area (Å²) in [5, 5.41) is 0. The van der Waals surface area contributed by atoms with Gasteiger partial charge >= 0.3 is 0 Å². The van der Waals surface area contributed by atoms with Crippen molar-refractivity contribution in [3.8, 4) is 22.6 Å². The first-order chi connectivity index (χ1) is 19.0. The van der Waals surface area contributed by atoms with Gasteiger partial charge in [0.25, 0.3) is 0 Å². The predicted molar refractivity (Wildman–Crippen MR) is 152 cm³/mol. The average molecular weight is 523 g/mol. The molecule has 7 rings (SSSR count). The summed E-state index contributed by atoms with van der Waals surface area (Å²) in [6.07, 6.45) is 0.170. The molecule has 4 aromatic carbocycles. The lowest BCUT2D eigenvalue weighted by Gasteiger charge is -2.35. The molecule has 198 valence electrons. The van der Waals surface area contributed by atoms with Crippen LogP contribution in [0, 0.1) is 0 Å². The van der Waals surface area contributed by atoms with Crippen molar-refractivity contribution < 1.29 is 18.9 Å². The second-order valence-corrected chi connectivity index (χ2v) is 10.3. The van der Waals surface area contributed by atoms with E-state index in [-0.39, 0.29) is 12.2 Å². The molecule has 8 N–H and O–H groups in total. The van der Waals surface area contributed by atoms with E-state index >= 15 is 0 Å². The molecule has 2 heterocycles. The van der Waals surface area contributed by atoms with Crippen LogP contribution in [0.15, 0.2) is 72.8 Å². The Kier molecular flexibility index (Phi) is 5.36. The van der Waals surface area contributed by atoms with Gasteiger partial charge in [0.2, 0.25) is 0 Å². The fourth-order valence-electron chi connectivity index (χ4n) is 5.82. The summed E-state index contributed by atoms with van der Waals surface area (Å²) < 4.78 is 22.5. The maximum absolute atomic E-state index is 6.60. The second-order valence-electron chi connectivity index (χ2n) is 10.3. The van der Waals surface area contributed by atoms with Crippen molar-refractivity contribution in [2.45, 2.75) is 17.6 Å². The number of anilines is 4. The predicted octanol–water partition coefficient (Wildman–Crippen LogP) is 3.93. The van der Waals surface area contributed by atoms with Gasteiger partial charge in [-0.2, -0.15) is 0 Å². The molecule has 0 saturated carbocycles. The van der Waals surface area contributed by atoms with Crippen LogP contribution in [0.4, 0.5) is 22.7 Å². The Balaban J connectivity index is 1.45. The highest BCUT2D eigenvalue weighted by atomic mass is 16.6. The Morgan fingerprint density at radius 1 is 0.615 bits per heavy atom. The van der Waals surface area contributed by atoms with Gasteiger partial charge in [-0.3, -0.25) is 0 Å². The molecule has 0 radical (unpaired) electrons. The van der Waals surface area contributed by atoms with Gasteiger partial charge < -0.3 is 41.9 Å². The third-order valence-corrected chi connectivity index (χ3v) is 7.74. The lowest BCUT2D eigenvalue weighted by molar-refractivity contribution is 0.265. The minimum Gasteiger partial charge on any atom is -0.486 e. The van der Waals surface area contributed by atoms with Gasteiger partial charge in [-0.1, -0.05) is 48.5 Å². The van der Waals surface area contributed by atoms with E-state index in [1.54, 1.807) is 0 Å². The second kappa shape index (κ2) is 8.83. The molecule has 0 spiro atoms. The minimum absolute atomic E-state index is 0.0848. The third-order valence-electron chi connectivity index (χ3n) is 7.74. The van der Waals surface area contributed by atoms with Crippen LogP contribution in [-0.2, 0) is 14.9 Å². The van der Waals surface area contributed by atoms with E-state index < -0.39 is 5.41 Å². The first kappa shape index (κ1) is 23.7. The summed E-state index contributed by atoms with van der Waals surface area (Å²) in [7, 11) is 0. The number of nitrogen functional groups attached to an aromatic ring is 4. The zero-order valence-electron chi connectivity index (χ0n) is 21.4. The third kappa shape index (κ3) is 3.83. The van der Waals surface area contributed by atoms with Crippen molar-refractivity contribution in [1.29, 1.82) is 0 Å². The van der Waals surface area contributed by atoms with Crippen LogP contribution in [-0.4, -0.2) is 38.6 Å². The summed E-state index contributed by atoms with van der Waals surface area (Å²) in [6, 6.07) is 24.5. The average Bonchev–Trinajstić information content (AvgIpc) is 3.86. The van der Waals surface area contributed by atoms with Crippen LogP contribution in [0.5, 0.6) is 11.5 Å². The Bertz CT molecular complexity index is 1430. The fraction of sp³-hybridized carbons (Fsp3) is 0.226. The van der Waals surface area contributed by atoms with Gasteiger partial charge in [-0.05, 0) is 57.6 Å². The molecular weight excluding hydrogens is 492 g/mol. The smallest absolute Gasteiger partial charge is 0.165 e. The van der Waals surface area contributed by atoms with Crippen molar-refractivity contribution in [2.75, 3.05) is 49.4 Å². The first-order valence-electron chi connectivity index (χ1n) is 13.0. The molecule has 39 heavy (non-hydrogen) atoms. The summed E-state index contributed by atoms with van der Waals surface area (Å²) in [6.45, 7) is 2.19. The number of epoxide rings is 2. The molecule has 0 bridgehead atoms. The monoisotopic (exact) mass is 522 g/mol. The van der Waals surface area contributed by atoms with Crippen molar-refractivity contribution in [1.82, 2.24) is 0 Å². The van der Waals surface area contributed by atoms with Gasteiger partial charge in [-0.15, -0.1) is 0 Å². The van der Waals surface area contributed by atoms with Crippen LogP contribution in [0.3, 0.4) is 0 Å².